The van der Waals surface area contributed by atoms with Gasteiger partial charge < -0.3 is 4.90 Å². The van der Waals surface area contributed by atoms with Gasteiger partial charge >= 0.3 is 0 Å². The molecule has 0 aliphatic heterocycles. The molecule has 0 atom stereocenters. The van der Waals surface area contributed by atoms with Crippen LogP contribution < -0.4 is 5.56 Å². The highest BCUT2D eigenvalue weighted by atomic mass is 32.2. The van der Waals surface area contributed by atoms with Crippen molar-refractivity contribution in [1.29, 1.82) is 5.26 Å². The summed E-state index contributed by atoms with van der Waals surface area (Å²) in [5.41, 5.74) is 2.36. The fourth-order valence-electron chi connectivity index (χ4n) is 3.45. The van der Waals surface area contributed by atoms with Crippen molar-refractivity contribution in [3.8, 4) is 11.8 Å². The molecule has 0 unspecified atom stereocenters. The average Bonchev–Trinajstić information content (AvgIpc) is 2.83. The summed E-state index contributed by atoms with van der Waals surface area (Å²) in [7, 11) is 1.74. The van der Waals surface area contributed by atoms with Crippen molar-refractivity contribution in [2.24, 2.45) is 0 Å². The number of rotatable bonds is 6. The number of carbonyl (C=O) groups excluding carboxylic acids is 1. The van der Waals surface area contributed by atoms with Crippen molar-refractivity contribution < 1.29 is 4.79 Å². The van der Waals surface area contributed by atoms with Crippen molar-refractivity contribution in [3.63, 3.8) is 0 Å². The van der Waals surface area contributed by atoms with Crippen molar-refractivity contribution >= 4 is 28.6 Å². The van der Waals surface area contributed by atoms with Crippen LogP contribution in [0.1, 0.15) is 15.9 Å². The van der Waals surface area contributed by atoms with E-state index in [0.717, 1.165) is 5.56 Å². The van der Waals surface area contributed by atoms with Crippen LogP contribution in [0.3, 0.4) is 0 Å². The van der Waals surface area contributed by atoms with Gasteiger partial charge in [0.1, 0.15) is 0 Å². The Morgan fingerprint density at radius 3 is 2.44 bits per heavy atom. The minimum absolute atomic E-state index is 0.156. The molecule has 0 saturated carbocycles. The van der Waals surface area contributed by atoms with E-state index in [1.54, 1.807) is 30.1 Å². The number of hydrogen-bond donors (Lipinski definition) is 0. The number of nitrogens with zero attached hydrogens (tertiary/aromatic N) is 4. The van der Waals surface area contributed by atoms with Crippen molar-refractivity contribution in [2.45, 2.75) is 11.7 Å². The first-order valence-electron chi connectivity index (χ1n) is 10.00. The monoisotopic (exact) mass is 440 g/mol. The van der Waals surface area contributed by atoms with E-state index in [4.69, 9.17) is 5.26 Å². The molecule has 7 heteroatoms. The molecule has 4 aromatic rings. The van der Waals surface area contributed by atoms with Crippen molar-refractivity contribution in [3.05, 3.63) is 100 Å². The summed E-state index contributed by atoms with van der Waals surface area (Å²) in [6.07, 6.45) is 0. The maximum absolute atomic E-state index is 13.3. The highest BCUT2D eigenvalue weighted by Gasteiger charge is 2.17. The van der Waals surface area contributed by atoms with Crippen LogP contribution in [-0.2, 0) is 6.54 Å². The summed E-state index contributed by atoms with van der Waals surface area (Å²) in [4.78, 5) is 32.6. The third-order valence-corrected chi connectivity index (χ3v) is 5.78. The van der Waals surface area contributed by atoms with Gasteiger partial charge in [-0.15, -0.1) is 0 Å². The molecule has 158 valence electrons. The molecule has 0 N–H and O–H groups in total. The van der Waals surface area contributed by atoms with Gasteiger partial charge in [0.05, 0.1) is 28.4 Å². The minimum Gasteiger partial charge on any atom is -0.337 e. The molecule has 0 spiro atoms. The Hall–Kier alpha value is -3.89. The number of carbonyl (C=O) groups is 1. The smallest absolute Gasteiger partial charge is 0.266 e. The SMILES string of the molecule is CN(Cc1ccccc1)C(=O)c1ccc2c(=O)n(-c3ccccc3)c(SCC#N)nc2c1. The van der Waals surface area contributed by atoms with Crippen LogP contribution in [0.2, 0.25) is 0 Å². The average molecular weight is 441 g/mol. The number of para-hydroxylation sites is 1. The molecule has 1 heterocycles. The van der Waals surface area contributed by atoms with Gasteiger partial charge in [-0.25, -0.2) is 4.98 Å². The molecule has 0 aliphatic rings. The predicted octanol–water partition coefficient (Wildman–Crippen LogP) is 4.27. The van der Waals surface area contributed by atoms with Gasteiger partial charge in [-0.3, -0.25) is 14.2 Å². The lowest BCUT2D eigenvalue weighted by atomic mass is 10.1. The highest BCUT2D eigenvalue weighted by Crippen LogP contribution is 2.22. The number of fused-ring (bicyclic) bond motifs is 1. The molecule has 32 heavy (non-hydrogen) atoms. The Labute approximate surface area is 189 Å². The zero-order valence-electron chi connectivity index (χ0n) is 17.4. The number of thioether (sulfide) groups is 1. The second-order valence-corrected chi connectivity index (χ2v) is 8.14. The van der Waals surface area contributed by atoms with Gasteiger partial charge in [0.2, 0.25) is 0 Å². The first kappa shape index (κ1) is 21.3. The zero-order valence-corrected chi connectivity index (χ0v) is 18.2. The van der Waals surface area contributed by atoms with E-state index >= 15 is 0 Å². The Morgan fingerprint density at radius 2 is 1.75 bits per heavy atom. The Morgan fingerprint density at radius 1 is 1.06 bits per heavy atom. The lowest BCUT2D eigenvalue weighted by Gasteiger charge is -2.18. The quantitative estimate of drug-likeness (QED) is 0.330. The van der Waals surface area contributed by atoms with Crippen LogP contribution in [0.25, 0.3) is 16.6 Å². The molecule has 0 aliphatic carbocycles. The Kier molecular flexibility index (Phi) is 6.34. The predicted molar refractivity (Wildman–Crippen MR) is 126 cm³/mol. The third-order valence-electron chi connectivity index (χ3n) is 4.98. The van der Waals surface area contributed by atoms with Gasteiger partial charge in [0.15, 0.2) is 5.16 Å². The molecule has 3 aromatic carbocycles. The summed E-state index contributed by atoms with van der Waals surface area (Å²) < 4.78 is 1.51. The molecule has 1 aromatic heterocycles. The number of nitriles is 1. The van der Waals surface area contributed by atoms with Gasteiger partial charge in [-0.1, -0.05) is 60.3 Å². The number of aromatic nitrogens is 2. The molecular weight excluding hydrogens is 420 g/mol. The number of amides is 1. The number of hydrogen-bond acceptors (Lipinski definition) is 5. The van der Waals surface area contributed by atoms with Crippen LogP contribution in [0.4, 0.5) is 0 Å². The topological polar surface area (TPSA) is 79.0 Å². The summed E-state index contributed by atoms with van der Waals surface area (Å²) in [5, 5.41) is 9.86. The molecule has 0 saturated heterocycles. The maximum Gasteiger partial charge on any atom is 0.266 e. The van der Waals surface area contributed by atoms with E-state index in [-0.39, 0.29) is 17.2 Å². The van der Waals surface area contributed by atoms with Crippen molar-refractivity contribution in [1.82, 2.24) is 14.5 Å². The van der Waals surface area contributed by atoms with Gasteiger partial charge in [0, 0.05) is 19.2 Å². The largest absolute Gasteiger partial charge is 0.337 e. The van der Waals surface area contributed by atoms with Crippen LogP contribution >= 0.6 is 11.8 Å². The minimum atomic E-state index is -0.238. The highest BCUT2D eigenvalue weighted by molar-refractivity contribution is 7.99. The second kappa shape index (κ2) is 9.50. The van der Waals surface area contributed by atoms with Gasteiger partial charge in [-0.2, -0.15) is 5.26 Å². The molecule has 1 amide bonds. The van der Waals surface area contributed by atoms with E-state index in [9.17, 15) is 9.59 Å². The zero-order chi connectivity index (χ0) is 22.5. The summed E-state index contributed by atoms with van der Waals surface area (Å²) >= 11 is 1.19. The molecule has 0 bridgehead atoms. The van der Waals surface area contributed by atoms with Crippen LogP contribution in [0.15, 0.2) is 88.8 Å². The normalized spacial score (nSPS) is 10.6. The molecule has 0 fully saturated rings. The fraction of sp³-hybridized carbons (Fsp3) is 0.120. The second-order valence-electron chi connectivity index (χ2n) is 7.20. The Bertz CT molecular complexity index is 1360. The fourth-order valence-corrected chi connectivity index (χ4v) is 4.12. The molecular formula is C25H20N4O2S. The van der Waals surface area contributed by atoms with E-state index in [1.165, 1.54) is 16.3 Å². The Balaban J connectivity index is 1.74. The van der Waals surface area contributed by atoms with E-state index in [0.29, 0.717) is 33.9 Å². The van der Waals surface area contributed by atoms with Gasteiger partial charge in [-0.05, 0) is 35.9 Å². The first-order valence-corrected chi connectivity index (χ1v) is 11.0. The molecule has 6 nitrogen and oxygen atoms in total. The van der Waals surface area contributed by atoms with E-state index in [2.05, 4.69) is 11.1 Å². The van der Waals surface area contributed by atoms with Crippen LogP contribution in [0, 0.1) is 11.3 Å². The molecule has 0 radical (unpaired) electrons. The lowest BCUT2D eigenvalue weighted by Crippen LogP contribution is -2.26. The van der Waals surface area contributed by atoms with Crippen LogP contribution in [0.5, 0.6) is 0 Å². The van der Waals surface area contributed by atoms with E-state index < -0.39 is 0 Å². The summed E-state index contributed by atoms with van der Waals surface area (Å²) in [6, 6.07) is 26.0. The lowest BCUT2D eigenvalue weighted by molar-refractivity contribution is 0.0785. The first-order chi connectivity index (χ1) is 15.6. The molecule has 4 rings (SSSR count). The summed E-state index contributed by atoms with van der Waals surface area (Å²) in [6.45, 7) is 0.476. The third kappa shape index (κ3) is 4.41. The van der Waals surface area contributed by atoms with E-state index in [1.807, 2.05) is 60.7 Å². The summed E-state index contributed by atoms with van der Waals surface area (Å²) in [5.74, 6) is -0.000497. The maximum atomic E-state index is 13.3. The standard InChI is InChI=1S/C25H20N4O2S/c1-28(17-18-8-4-2-5-9-18)23(30)19-12-13-21-22(16-19)27-25(32-15-14-26)29(24(21)31)20-10-6-3-7-11-20/h2-13,16H,15,17H2,1H3. The number of benzene rings is 3. The van der Waals surface area contributed by atoms with Crippen LogP contribution in [-0.4, -0.2) is 33.2 Å². The van der Waals surface area contributed by atoms with Gasteiger partial charge in [0.25, 0.3) is 11.5 Å². The van der Waals surface area contributed by atoms with Crippen molar-refractivity contribution in [2.75, 3.05) is 12.8 Å².